The van der Waals surface area contributed by atoms with Crippen LogP contribution in [0.3, 0.4) is 0 Å². The molecule has 80 valence electrons. The summed E-state index contributed by atoms with van der Waals surface area (Å²) in [5.41, 5.74) is -0.122. The molecule has 0 unspecified atom stereocenters. The van der Waals surface area contributed by atoms with E-state index in [0.29, 0.717) is 5.92 Å². The normalized spacial score (nSPS) is 45.1. The van der Waals surface area contributed by atoms with Crippen molar-refractivity contribution in [3.05, 3.63) is 0 Å². The Balaban J connectivity index is 2.21. The molecule has 3 heteroatoms. The Bertz CT molecular complexity index is 259. The SMILES string of the molecule is C[C@H]1[C@@H]2C[C@H](C[C@@H]1C(=O)O)C(C)(C)O2. The third-order valence-corrected chi connectivity index (χ3v) is 4.03. The van der Waals surface area contributed by atoms with E-state index < -0.39 is 5.97 Å². The van der Waals surface area contributed by atoms with Gasteiger partial charge in [-0.2, -0.15) is 0 Å². The number of hydrogen-bond acceptors (Lipinski definition) is 2. The van der Waals surface area contributed by atoms with E-state index in [1.807, 2.05) is 6.92 Å². The van der Waals surface area contributed by atoms with Crippen molar-refractivity contribution in [2.75, 3.05) is 0 Å². The first-order chi connectivity index (χ1) is 6.42. The van der Waals surface area contributed by atoms with E-state index >= 15 is 0 Å². The van der Waals surface area contributed by atoms with Crippen LogP contribution < -0.4 is 0 Å². The van der Waals surface area contributed by atoms with Crippen LogP contribution in [0.15, 0.2) is 0 Å². The van der Waals surface area contributed by atoms with Gasteiger partial charge in [0, 0.05) is 0 Å². The summed E-state index contributed by atoms with van der Waals surface area (Å²) in [6, 6.07) is 0. The fourth-order valence-electron chi connectivity index (χ4n) is 2.91. The zero-order chi connectivity index (χ0) is 10.5. The molecule has 2 fully saturated rings. The minimum atomic E-state index is -0.659. The molecule has 1 saturated heterocycles. The van der Waals surface area contributed by atoms with Crippen molar-refractivity contribution < 1.29 is 14.6 Å². The van der Waals surface area contributed by atoms with Crippen molar-refractivity contribution in [2.24, 2.45) is 17.8 Å². The van der Waals surface area contributed by atoms with Crippen LogP contribution in [0.4, 0.5) is 0 Å². The average molecular weight is 198 g/mol. The monoisotopic (exact) mass is 198 g/mol. The first-order valence-corrected chi connectivity index (χ1v) is 5.32. The minimum absolute atomic E-state index is 0.122. The second-order valence-electron chi connectivity index (χ2n) is 5.23. The Hall–Kier alpha value is -0.570. The summed E-state index contributed by atoms with van der Waals surface area (Å²) < 4.78 is 5.90. The lowest BCUT2D eigenvalue weighted by atomic mass is 9.71. The summed E-state index contributed by atoms with van der Waals surface area (Å²) in [6.07, 6.45) is 1.97. The molecule has 14 heavy (non-hydrogen) atoms. The average Bonchev–Trinajstić information content (AvgIpc) is 2.31. The molecule has 1 N–H and O–H groups in total. The van der Waals surface area contributed by atoms with E-state index in [2.05, 4.69) is 13.8 Å². The molecule has 2 bridgehead atoms. The summed E-state index contributed by atoms with van der Waals surface area (Å²) >= 11 is 0. The van der Waals surface area contributed by atoms with Gasteiger partial charge in [0.2, 0.25) is 0 Å². The number of fused-ring (bicyclic) bond motifs is 2. The number of aliphatic carboxylic acids is 1. The number of ether oxygens (including phenoxy) is 1. The Morgan fingerprint density at radius 2 is 2.07 bits per heavy atom. The van der Waals surface area contributed by atoms with E-state index in [1.54, 1.807) is 0 Å². The fraction of sp³-hybridized carbons (Fsp3) is 0.909. The van der Waals surface area contributed by atoms with Crippen LogP contribution in [0.5, 0.6) is 0 Å². The molecule has 3 nitrogen and oxygen atoms in total. The lowest BCUT2D eigenvalue weighted by Gasteiger charge is -2.30. The third kappa shape index (κ3) is 1.34. The molecule has 0 aromatic rings. The molecule has 2 aliphatic rings. The van der Waals surface area contributed by atoms with Crippen molar-refractivity contribution in [1.82, 2.24) is 0 Å². The second kappa shape index (κ2) is 2.96. The van der Waals surface area contributed by atoms with E-state index in [-0.39, 0.29) is 23.5 Å². The van der Waals surface area contributed by atoms with Gasteiger partial charge in [-0.15, -0.1) is 0 Å². The largest absolute Gasteiger partial charge is 0.481 e. The highest BCUT2D eigenvalue weighted by Crippen LogP contribution is 2.49. The van der Waals surface area contributed by atoms with Gasteiger partial charge in [0.05, 0.1) is 17.6 Å². The topological polar surface area (TPSA) is 46.5 Å². The lowest BCUT2D eigenvalue weighted by molar-refractivity contribution is -0.146. The second-order valence-corrected chi connectivity index (χ2v) is 5.23. The van der Waals surface area contributed by atoms with Gasteiger partial charge in [-0.25, -0.2) is 0 Å². The van der Waals surface area contributed by atoms with Crippen LogP contribution in [0.1, 0.15) is 33.6 Å². The molecule has 1 aliphatic carbocycles. The summed E-state index contributed by atoms with van der Waals surface area (Å²) in [5.74, 6) is -0.288. The van der Waals surface area contributed by atoms with Crippen molar-refractivity contribution in [2.45, 2.75) is 45.3 Å². The number of carboxylic acid groups (broad SMARTS) is 1. The van der Waals surface area contributed by atoms with Crippen LogP contribution in [0, 0.1) is 17.8 Å². The molecule has 0 spiro atoms. The van der Waals surface area contributed by atoms with Gasteiger partial charge in [0.15, 0.2) is 0 Å². The molecule has 1 aliphatic heterocycles. The molecule has 0 amide bonds. The summed E-state index contributed by atoms with van der Waals surface area (Å²) in [5, 5.41) is 9.09. The number of rotatable bonds is 1. The number of hydrogen-bond donors (Lipinski definition) is 1. The maximum Gasteiger partial charge on any atom is 0.306 e. The molecule has 1 saturated carbocycles. The van der Waals surface area contributed by atoms with E-state index in [4.69, 9.17) is 9.84 Å². The Morgan fingerprint density at radius 3 is 2.64 bits per heavy atom. The first-order valence-electron chi connectivity index (χ1n) is 5.32. The van der Waals surface area contributed by atoms with Crippen LogP contribution >= 0.6 is 0 Å². The zero-order valence-corrected chi connectivity index (χ0v) is 8.99. The zero-order valence-electron chi connectivity index (χ0n) is 8.99. The van der Waals surface area contributed by atoms with Crippen LogP contribution in [0.25, 0.3) is 0 Å². The van der Waals surface area contributed by atoms with E-state index in [0.717, 1.165) is 12.8 Å². The van der Waals surface area contributed by atoms with E-state index in [9.17, 15) is 4.79 Å². The number of carbonyl (C=O) groups is 1. The molecule has 1 heterocycles. The van der Waals surface area contributed by atoms with Gasteiger partial charge in [-0.1, -0.05) is 6.92 Å². The first kappa shape index (κ1) is 9.97. The van der Waals surface area contributed by atoms with Crippen molar-refractivity contribution >= 4 is 5.97 Å². The maximum atomic E-state index is 11.0. The standard InChI is InChI=1S/C11H18O3/c1-6-8(10(12)13)4-7-5-9(6)14-11(7,2)3/h6-9H,4-5H2,1-3H3,(H,12,13)/t6-,7+,8+,9+/m1/s1. The van der Waals surface area contributed by atoms with Gasteiger partial charge in [-0.3, -0.25) is 4.79 Å². The summed E-state index contributed by atoms with van der Waals surface area (Å²) in [4.78, 5) is 11.0. The highest BCUT2D eigenvalue weighted by atomic mass is 16.5. The van der Waals surface area contributed by atoms with Gasteiger partial charge in [-0.05, 0) is 38.5 Å². The van der Waals surface area contributed by atoms with Crippen LogP contribution in [0.2, 0.25) is 0 Å². The third-order valence-electron chi connectivity index (χ3n) is 4.03. The highest BCUT2D eigenvalue weighted by molar-refractivity contribution is 5.70. The minimum Gasteiger partial charge on any atom is -0.481 e. The number of carboxylic acids is 1. The molecule has 0 radical (unpaired) electrons. The summed E-state index contributed by atoms with van der Waals surface area (Å²) in [6.45, 7) is 6.16. The van der Waals surface area contributed by atoms with Gasteiger partial charge in [0.25, 0.3) is 0 Å². The van der Waals surface area contributed by atoms with E-state index in [1.165, 1.54) is 0 Å². The fourth-order valence-corrected chi connectivity index (χ4v) is 2.91. The van der Waals surface area contributed by atoms with Gasteiger partial charge < -0.3 is 9.84 Å². The van der Waals surface area contributed by atoms with Crippen LogP contribution in [-0.2, 0) is 9.53 Å². The lowest BCUT2D eigenvalue weighted by Crippen LogP contribution is -2.35. The predicted molar refractivity (Wildman–Crippen MR) is 52.0 cm³/mol. The Kier molecular flexibility index (Phi) is 2.11. The van der Waals surface area contributed by atoms with Crippen molar-refractivity contribution in [3.8, 4) is 0 Å². The maximum absolute atomic E-state index is 11.0. The smallest absolute Gasteiger partial charge is 0.306 e. The molecular formula is C11H18O3. The predicted octanol–water partition coefficient (Wildman–Crippen LogP) is 1.91. The summed E-state index contributed by atoms with van der Waals surface area (Å²) in [7, 11) is 0. The Morgan fingerprint density at radius 1 is 1.43 bits per heavy atom. The van der Waals surface area contributed by atoms with Crippen LogP contribution in [-0.4, -0.2) is 22.8 Å². The van der Waals surface area contributed by atoms with Crippen molar-refractivity contribution in [3.63, 3.8) is 0 Å². The molecular weight excluding hydrogens is 180 g/mol. The molecule has 0 aromatic carbocycles. The molecule has 2 rings (SSSR count). The van der Waals surface area contributed by atoms with Gasteiger partial charge >= 0.3 is 5.97 Å². The molecule has 0 aromatic heterocycles. The van der Waals surface area contributed by atoms with Crippen molar-refractivity contribution in [1.29, 1.82) is 0 Å². The highest BCUT2D eigenvalue weighted by Gasteiger charge is 2.51. The Labute approximate surface area is 84.4 Å². The van der Waals surface area contributed by atoms with Gasteiger partial charge in [0.1, 0.15) is 0 Å². The quantitative estimate of drug-likeness (QED) is 0.700. The molecule has 4 atom stereocenters.